The monoisotopic (exact) mass is 478 g/mol. The number of amides is 1. The Balaban J connectivity index is 1.86. The first kappa shape index (κ1) is 24.0. The lowest BCUT2D eigenvalue weighted by Gasteiger charge is -2.49. The summed E-state index contributed by atoms with van der Waals surface area (Å²) in [6.07, 6.45) is 2.53. The number of aryl methyl sites for hydroxylation is 1. The normalized spacial score (nSPS) is 21.1. The van der Waals surface area contributed by atoms with Crippen molar-refractivity contribution in [1.82, 2.24) is 18.7 Å². The number of likely N-dealkylation sites (N-methyl/N-ethyl adjacent to an activating group) is 1. The van der Waals surface area contributed by atoms with Crippen molar-refractivity contribution in [2.75, 3.05) is 60.2 Å². The predicted molar refractivity (Wildman–Crippen MR) is 127 cm³/mol. The van der Waals surface area contributed by atoms with Gasteiger partial charge < -0.3 is 24.2 Å². The Labute approximate surface area is 195 Å². The number of hydrogen-bond donors (Lipinski definition) is 1. The van der Waals surface area contributed by atoms with Gasteiger partial charge in [-0.1, -0.05) is 0 Å². The lowest BCUT2D eigenvalue weighted by Crippen LogP contribution is -2.56. The summed E-state index contributed by atoms with van der Waals surface area (Å²) in [5.74, 6) is 0.806. The van der Waals surface area contributed by atoms with Crippen molar-refractivity contribution >= 4 is 26.8 Å². The van der Waals surface area contributed by atoms with Crippen LogP contribution in [-0.2, 0) is 27.3 Å². The van der Waals surface area contributed by atoms with Crippen LogP contribution in [0.3, 0.4) is 0 Å². The zero-order chi connectivity index (χ0) is 24.1. The van der Waals surface area contributed by atoms with Gasteiger partial charge in [0.1, 0.15) is 5.75 Å². The van der Waals surface area contributed by atoms with E-state index in [2.05, 4.69) is 0 Å². The summed E-state index contributed by atoms with van der Waals surface area (Å²) in [5.41, 5.74) is 2.43. The Bertz CT molecular complexity index is 1170. The molecule has 1 aromatic carbocycles. The van der Waals surface area contributed by atoms with Gasteiger partial charge in [0.05, 0.1) is 38.1 Å². The number of nitrogens with zero attached hydrogens (tertiary/aromatic N) is 4. The summed E-state index contributed by atoms with van der Waals surface area (Å²) in [4.78, 5) is 16.4. The lowest BCUT2D eigenvalue weighted by atomic mass is 9.69. The number of ether oxygens (including phenoxy) is 1. The molecule has 1 amide bonds. The SMILES string of the molecule is COc1ccc2c3c(n(C)c2c1)[C@H](CO)N(S(C)(=O)=O)CC31CCN(C(=O)CN(C)C)CC1. The third-order valence-corrected chi connectivity index (χ3v) is 8.46. The molecule has 2 aromatic rings. The van der Waals surface area contributed by atoms with Gasteiger partial charge in [0, 0.05) is 49.2 Å². The maximum absolute atomic E-state index is 12.8. The van der Waals surface area contributed by atoms with Gasteiger partial charge in [-0.25, -0.2) is 8.42 Å². The van der Waals surface area contributed by atoms with Crippen LogP contribution in [0, 0.1) is 0 Å². The Morgan fingerprint density at radius 3 is 2.48 bits per heavy atom. The highest BCUT2D eigenvalue weighted by Crippen LogP contribution is 2.50. The first-order valence-corrected chi connectivity index (χ1v) is 13.0. The van der Waals surface area contributed by atoms with Gasteiger partial charge in [-0.15, -0.1) is 0 Å². The number of rotatable bonds is 5. The van der Waals surface area contributed by atoms with E-state index in [1.54, 1.807) is 7.11 Å². The van der Waals surface area contributed by atoms with Gasteiger partial charge in [0.2, 0.25) is 15.9 Å². The smallest absolute Gasteiger partial charge is 0.236 e. The molecule has 1 saturated heterocycles. The zero-order valence-corrected chi connectivity index (χ0v) is 20.9. The number of sulfonamides is 1. The molecule has 0 aliphatic carbocycles. The van der Waals surface area contributed by atoms with Crippen LogP contribution in [0.1, 0.15) is 30.1 Å². The Morgan fingerprint density at radius 2 is 1.94 bits per heavy atom. The fourth-order valence-electron chi connectivity index (χ4n) is 5.62. The molecule has 1 spiro atoms. The summed E-state index contributed by atoms with van der Waals surface area (Å²) in [6, 6.07) is 5.25. The van der Waals surface area contributed by atoms with E-state index < -0.39 is 21.5 Å². The highest BCUT2D eigenvalue weighted by atomic mass is 32.2. The molecule has 9 nitrogen and oxygen atoms in total. The average Bonchev–Trinajstić information content (AvgIpc) is 3.06. The number of likely N-dealkylation sites (tertiary alicyclic amines) is 1. The number of methoxy groups -OCH3 is 1. The van der Waals surface area contributed by atoms with E-state index in [1.165, 1.54) is 10.6 Å². The van der Waals surface area contributed by atoms with Gasteiger partial charge in [-0.2, -0.15) is 4.31 Å². The van der Waals surface area contributed by atoms with Crippen molar-refractivity contribution in [2.24, 2.45) is 7.05 Å². The Morgan fingerprint density at radius 1 is 1.27 bits per heavy atom. The molecule has 2 aliphatic rings. The average molecular weight is 479 g/mol. The number of carbonyl (C=O) groups excluding carboxylic acids is 1. The molecule has 1 N–H and O–H groups in total. The zero-order valence-electron chi connectivity index (χ0n) is 20.0. The molecule has 10 heteroatoms. The number of aromatic nitrogens is 1. The maximum Gasteiger partial charge on any atom is 0.236 e. The Kier molecular flexibility index (Phi) is 6.24. The molecule has 1 atom stereocenters. The number of carbonyl (C=O) groups is 1. The van der Waals surface area contributed by atoms with E-state index in [1.807, 2.05) is 53.7 Å². The fraction of sp³-hybridized carbons (Fsp3) is 0.609. The van der Waals surface area contributed by atoms with Crippen LogP contribution in [0.4, 0.5) is 0 Å². The maximum atomic E-state index is 12.8. The van der Waals surface area contributed by atoms with E-state index in [0.717, 1.165) is 27.9 Å². The van der Waals surface area contributed by atoms with Gasteiger partial charge >= 0.3 is 0 Å². The number of piperidine rings is 1. The number of benzene rings is 1. The second-order valence-corrected chi connectivity index (χ2v) is 11.5. The van der Waals surface area contributed by atoms with Crippen molar-refractivity contribution in [1.29, 1.82) is 0 Å². The molecule has 33 heavy (non-hydrogen) atoms. The van der Waals surface area contributed by atoms with Crippen molar-refractivity contribution in [2.45, 2.75) is 24.3 Å². The second-order valence-electron chi connectivity index (χ2n) is 9.61. The van der Waals surface area contributed by atoms with Gasteiger partial charge in [0.15, 0.2) is 0 Å². The standard InChI is InChI=1S/C23H34N4O5S/c1-24(2)13-20(29)26-10-8-23(9-11-26)15-27(33(5,30)31)19(14-28)22-21(23)17-7-6-16(32-4)12-18(17)25(22)3/h6-7,12,19,28H,8-11,13-15H2,1-5H3/t19-/m0/s1. The molecule has 0 bridgehead atoms. The summed E-state index contributed by atoms with van der Waals surface area (Å²) >= 11 is 0. The largest absolute Gasteiger partial charge is 0.497 e. The number of aliphatic hydroxyl groups excluding tert-OH is 1. The fourth-order valence-corrected chi connectivity index (χ4v) is 6.73. The summed E-state index contributed by atoms with van der Waals surface area (Å²) < 4.78 is 34.5. The molecule has 182 valence electrons. The predicted octanol–water partition coefficient (Wildman–Crippen LogP) is 0.917. The molecular weight excluding hydrogens is 444 g/mol. The van der Waals surface area contributed by atoms with Crippen LogP contribution in [-0.4, -0.2) is 98.4 Å². The summed E-state index contributed by atoms with van der Waals surface area (Å²) in [5, 5.41) is 11.4. The number of aliphatic hydroxyl groups is 1. The molecule has 2 aliphatic heterocycles. The molecule has 0 unspecified atom stereocenters. The highest BCUT2D eigenvalue weighted by Gasteiger charge is 2.50. The van der Waals surface area contributed by atoms with Crippen LogP contribution in [0.15, 0.2) is 18.2 Å². The Hall–Kier alpha value is -2.14. The second kappa shape index (κ2) is 8.57. The molecule has 1 aromatic heterocycles. The molecule has 0 saturated carbocycles. The van der Waals surface area contributed by atoms with Crippen molar-refractivity contribution < 1.29 is 23.1 Å². The molecule has 0 radical (unpaired) electrons. The minimum absolute atomic E-state index is 0.0849. The minimum atomic E-state index is -3.57. The van der Waals surface area contributed by atoms with Crippen molar-refractivity contribution in [3.8, 4) is 5.75 Å². The van der Waals surface area contributed by atoms with E-state index in [0.29, 0.717) is 39.0 Å². The minimum Gasteiger partial charge on any atom is -0.497 e. The van der Waals surface area contributed by atoms with Gasteiger partial charge in [-0.3, -0.25) is 4.79 Å². The summed E-state index contributed by atoms with van der Waals surface area (Å²) in [7, 11) is 3.71. The molecule has 4 rings (SSSR count). The highest BCUT2D eigenvalue weighted by molar-refractivity contribution is 7.88. The first-order chi connectivity index (χ1) is 15.5. The lowest BCUT2D eigenvalue weighted by molar-refractivity contribution is -0.133. The van der Waals surface area contributed by atoms with Crippen molar-refractivity contribution in [3.63, 3.8) is 0 Å². The van der Waals surface area contributed by atoms with E-state index in [9.17, 15) is 18.3 Å². The van der Waals surface area contributed by atoms with E-state index >= 15 is 0 Å². The van der Waals surface area contributed by atoms with E-state index in [-0.39, 0.29) is 12.5 Å². The molecular formula is C23H34N4O5S. The van der Waals surface area contributed by atoms with E-state index in [4.69, 9.17) is 4.74 Å². The van der Waals surface area contributed by atoms with Crippen LogP contribution in [0.5, 0.6) is 5.75 Å². The third kappa shape index (κ3) is 4.03. The van der Waals surface area contributed by atoms with Crippen LogP contribution >= 0.6 is 0 Å². The first-order valence-electron chi connectivity index (χ1n) is 11.2. The van der Waals surface area contributed by atoms with Gasteiger partial charge in [0.25, 0.3) is 0 Å². The van der Waals surface area contributed by atoms with Gasteiger partial charge in [-0.05, 0) is 44.6 Å². The quantitative estimate of drug-likeness (QED) is 0.687. The van der Waals surface area contributed by atoms with Crippen molar-refractivity contribution in [3.05, 3.63) is 29.5 Å². The topological polar surface area (TPSA) is 95.3 Å². The third-order valence-electron chi connectivity index (χ3n) is 7.23. The van der Waals surface area contributed by atoms with Crippen LogP contribution < -0.4 is 4.74 Å². The summed E-state index contributed by atoms with van der Waals surface area (Å²) in [6.45, 7) is 1.49. The molecule has 3 heterocycles. The number of fused-ring (bicyclic) bond motifs is 4. The molecule has 1 fully saturated rings. The van der Waals surface area contributed by atoms with Crippen LogP contribution in [0.2, 0.25) is 0 Å². The van der Waals surface area contributed by atoms with Crippen LogP contribution in [0.25, 0.3) is 10.9 Å². The number of hydrogen-bond acceptors (Lipinski definition) is 6.